The molecule has 1 N–H and O–H groups in total. The lowest BCUT2D eigenvalue weighted by Gasteiger charge is -2.00. The first-order valence-corrected chi connectivity index (χ1v) is 5.58. The van der Waals surface area contributed by atoms with Gasteiger partial charge >= 0.3 is 0 Å². The Kier molecular flexibility index (Phi) is 3.61. The number of rotatable bonds is 2. The first-order chi connectivity index (χ1) is 9.00. The van der Waals surface area contributed by atoms with Crippen molar-refractivity contribution in [2.45, 2.75) is 6.92 Å². The second kappa shape index (κ2) is 5.19. The Hall–Kier alpha value is -2.22. The maximum atomic E-state index is 13.4. The molecule has 1 heterocycles. The van der Waals surface area contributed by atoms with Crippen LogP contribution in [0, 0.1) is 23.3 Å². The van der Waals surface area contributed by atoms with Gasteiger partial charge in [0, 0.05) is 0 Å². The predicted octanol–water partition coefficient (Wildman–Crippen LogP) is 1.77. The number of H-pyrrole nitrogens is 1. The van der Waals surface area contributed by atoms with Crippen LogP contribution in [0.2, 0.25) is 0 Å². The number of halogens is 2. The van der Waals surface area contributed by atoms with Gasteiger partial charge in [-0.2, -0.15) is 14.9 Å². The summed E-state index contributed by atoms with van der Waals surface area (Å²) in [5, 5.41) is 9.73. The van der Waals surface area contributed by atoms with Gasteiger partial charge in [0.25, 0.3) is 5.56 Å². The fraction of sp³-hybridized carbons (Fsp3) is 0.0909. The molecule has 0 saturated heterocycles. The zero-order valence-corrected chi connectivity index (χ0v) is 10.5. The van der Waals surface area contributed by atoms with E-state index in [1.165, 1.54) is 13.0 Å². The van der Waals surface area contributed by atoms with E-state index >= 15 is 0 Å². The normalized spacial score (nSPS) is 11.1. The predicted molar refractivity (Wildman–Crippen MR) is 67.8 cm³/mol. The Bertz CT molecular complexity index is 746. The molecule has 0 aliphatic carbocycles. The standard InChI is InChI=1S/C11H8F2N4OS/c1-6-10(18)17(11(19)16-15-6)14-5-7-8(12)3-2-4-9(7)13/h2-5H,1H3,(H,16,19). The molecule has 8 heteroatoms. The molecular weight excluding hydrogens is 274 g/mol. The minimum Gasteiger partial charge on any atom is -0.265 e. The van der Waals surface area contributed by atoms with Crippen molar-refractivity contribution in [3.05, 3.63) is 56.2 Å². The van der Waals surface area contributed by atoms with E-state index in [1.807, 2.05) is 0 Å². The van der Waals surface area contributed by atoms with Crippen molar-refractivity contribution >= 4 is 18.4 Å². The minimum atomic E-state index is -0.780. The van der Waals surface area contributed by atoms with Crippen LogP contribution in [0.5, 0.6) is 0 Å². The van der Waals surface area contributed by atoms with Gasteiger partial charge in [-0.1, -0.05) is 6.07 Å². The minimum absolute atomic E-state index is 0.0661. The summed E-state index contributed by atoms with van der Waals surface area (Å²) in [5.74, 6) is -1.56. The number of nitrogens with one attached hydrogen (secondary N) is 1. The van der Waals surface area contributed by atoms with Gasteiger partial charge in [-0.15, -0.1) is 0 Å². The summed E-state index contributed by atoms with van der Waals surface area (Å²) >= 11 is 4.82. The molecule has 0 amide bonds. The molecule has 0 radical (unpaired) electrons. The van der Waals surface area contributed by atoms with Crippen molar-refractivity contribution in [1.29, 1.82) is 0 Å². The van der Waals surface area contributed by atoms with Gasteiger partial charge in [0.1, 0.15) is 17.3 Å². The Balaban J connectivity index is 2.53. The second-order valence-electron chi connectivity index (χ2n) is 3.61. The molecule has 0 unspecified atom stereocenters. The van der Waals surface area contributed by atoms with E-state index < -0.39 is 17.2 Å². The molecule has 0 bridgehead atoms. The van der Waals surface area contributed by atoms with Crippen LogP contribution < -0.4 is 5.56 Å². The third-order valence-electron chi connectivity index (χ3n) is 2.32. The lowest BCUT2D eigenvalue weighted by molar-refractivity contribution is 0.579. The number of aromatic nitrogens is 3. The van der Waals surface area contributed by atoms with Crippen molar-refractivity contribution < 1.29 is 8.78 Å². The number of hydrogen-bond donors (Lipinski definition) is 1. The number of aromatic amines is 1. The third kappa shape index (κ3) is 2.63. The molecule has 0 fully saturated rings. The van der Waals surface area contributed by atoms with Gasteiger partial charge in [0.15, 0.2) is 0 Å². The molecule has 0 atom stereocenters. The van der Waals surface area contributed by atoms with Gasteiger partial charge in [0.05, 0.1) is 11.8 Å². The van der Waals surface area contributed by atoms with Crippen molar-refractivity contribution in [3.63, 3.8) is 0 Å². The Morgan fingerprint density at radius 1 is 1.42 bits per heavy atom. The maximum absolute atomic E-state index is 13.4. The van der Waals surface area contributed by atoms with E-state index in [-0.39, 0.29) is 16.0 Å². The fourth-order valence-electron chi connectivity index (χ4n) is 1.33. The molecular formula is C11H8F2N4OS. The van der Waals surface area contributed by atoms with Crippen molar-refractivity contribution in [2.24, 2.45) is 5.10 Å². The molecule has 2 rings (SSSR count). The third-order valence-corrected chi connectivity index (χ3v) is 2.58. The van der Waals surface area contributed by atoms with Crippen LogP contribution in [-0.2, 0) is 0 Å². The van der Waals surface area contributed by atoms with Crippen LogP contribution in [0.3, 0.4) is 0 Å². The van der Waals surface area contributed by atoms with Crippen LogP contribution in [0.25, 0.3) is 0 Å². The monoisotopic (exact) mass is 282 g/mol. The number of aryl methyl sites for hydroxylation is 1. The summed E-state index contributed by atoms with van der Waals surface area (Å²) in [5.41, 5.74) is -0.769. The highest BCUT2D eigenvalue weighted by molar-refractivity contribution is 7.71. The largest absolute Gasteiger partial charge is 0.296 e. The average Bonchev–Trinajstić information content (AvgIpc) is 2.37. The van der Waals surface area contributed by atoms with E-state index in [9.17, 15) is 13.6 Å². The summed E-state index contributed by atoms with van der Waals surface area (Å²) < 4.78 is 27.5. The second-order valence-corrected chi connectivity index (χ2v) is 4.00. The fourth-order valence-corrected chi connectivity index (χ4v) is 1.50. The molecule has 1 aromatic carbocycles. The highest BCUT2D eigenvalue weighted by Crippen LogP contribution is 2.09. The molecule has 2 aromatic rings. The van der Waals surface area contributed by atoms with Crippen molar-refractivity contribution in [1.82, 2.24) is 14.9 Å². The molecule has 0 aliphatic heterocycles. The smallest absolute Gasteiger partial charge is 0.265 e. The molecule has 98 valence electrons. The zero-order valence-electron chi connectivity index (χ0n) is 9.72. The van der Waals surface area contributed by atoms with Crippen molar-refractivity contribution in [2.75, 3.05) is 0 Å². The van der Waals surface area contributed by atoms with Crippen molar-refractivity contribution in [3.8, 4) is 0 Å². The summed E-state index contributed by atoms with van der Waals surface area (Å²) in [6, 6.07) is 3.41. The van der Waals surface area contributed by atoms with E-state index in [4.69, 9.17) is 12.2 Å². The lowest BCUT2D eigenvalue weighted by atomic mass is 10.2. The lowest BCUT2D eigenvalue weighted by Crippen LogP contribution is -2.22. The topological polar surface area (TPSA) is 63.0 Å². The van der Waals surface area contributed by atoms with Gasteiger partial charge in [-0.3, -0.25) is 9.89 Å². The van der Waals surface area contributed by atoms with E-state index in [0.717, 1.165) is 23.0 Å². The van der Waals surface area contributed by atoms with Gasteiger partial charge in [0.2, 0.25) is 4.77 Å². The maximum Gasteiger partial charge on any atom is 0.296 e. The molecule has 0 saturated carbocycles. The van der Waals surface area contributed by atoms with Gasteiger partial charge in [-0.25, -0.2) is 8.78 Å². The van der Waals surface area contributed by atoms with Crippen LogP contribution in [-0.4, -0.2) is 21.1 Å². The Labute approximate surface area is 111 Å². The van der Waals surface area contributed by atoms with E-state index in [0.29, 0.717) is 0 Å². The number of benzene rings is 1. The molecule has 19 heavy (non-hydrogen) atoms. The summed E-state index contributed by atoms with van der Waals surface area (Å²) in [6.45, 7) is 1.46. The van der Waals surface area contributed by atoms with Gasteiger partial charge in [-0.05, 0) is 31.3 Å². The Morgan fingerprint density at radius 3 is 2.68 bits per heavy atom. The van der Waals surface area contributed by atoms with E-state index in [1.54, 1.807) is 0 Å². The number of nitrogens with zero attached hydrogens (tertiary/aromatic N) is 3. The number of hydrogen-bond acceptors (Lipinski definition) is 4. The van der Waals surface area contributed by atoms with E-state index in [2.05, 4.69) is 15.3 Å². The highest BCUT2D eigenvalue weighted by Gasteiger charge is 2.06. The van der Waals surface area contributed by atoms with Crippen LogP contribution in [0.15, 0.2) is 28.1 Å². The zero-order chi connectivity index (χ0) is 14.0. The Morgan fingerprint density at radius 2 is 2.05 bits per heavy atom. The molecule has 1 aromatic heterocycles. The first kappa shape index (κ1) is 13.2. The van der Waals surface area contributed by atoms with Crippen LogP contribution in [0.1, 0.15) is 11.3 Å². The quantitative estimate of drug-likeness (QED) is 0.674. The SMILES string of the molecule is Cc1n[nH]c(=S)n(N=Cc2c(F)cccc2F)c1=O. The first-order valence-electron chi connectivity index (χ1n) is 5.17. The van der Waals surface area contributed by atoms with Crippen LogP contribution >= 0.6 is 12.2 Å². The highest BCUT2D eigenvalue weighted by atomic mass is 32.1. The van der Waals surface area contributed by atoms with Gasteiger partial charge < -0.3 is 0 Å². The summed E-state index contributed by atoms with van der Waals surface area (Å²) in [6.07, 6.45) is 0.898. The molecule has 0 aliphatic rings. The molecule has 5 nitrogen and oxygen atoms in total. The summed E-state index contributed by atoms with van der Waals surface area (Å²) in [7, 11) is 0. The molecule has 0 spiro atoms. The average molecular weight is 282 g/mol. The van der Waals surface area contributed by atoms with Crippen LogP contribution in [0.4, 0.5) is 8.78 Å². The summed E-state index contributed by atoms with van der Waals surface area (Å²) in [4.78, 5) is 11.7.